The molecule has 3 saturated heterocycles. The molecule has 1 unspecified atom stereocenters. The Morgan fingerprint density at radius 2 is 1.76 bits per heavy atom. The molecule has 1 aromatic carbocycles. The van der Waals surface area contributed by atoms with Crippen LogP contribution in [0.1, 0.15) is 31.2 Å². The Balaban J connectivity index is 0.00000240. The van der Waals surface area contributed by atoms with Crippen LogP contribution in [0.5, 0.6) is 0 Å². The summed E-state index contributed by atoms with van der Waals surface area (Å²) in [6, 6.07) is 7.72. The van der Waals surface area contributed by atoms with Gasteiger partial charge in [0.1, 0.15) is 0 Å². The average molecular weight is 421 g/mol. The van der Waals surface area contributed by atoms with Crippen LogP contribution in [0.4, 0.5) is 10.5 Å². The number of amides is 3. The normalized spacial score (nSPS) is 26.9. The van der Waals surface area contributed by atoms with Gasteiger partial charge in [0.25, 0.3) is 0 Å². The van der Waals surface area contributed by atoms with E-state index in [2.05, 4.69) is 15.5 Å². The molecular weight excluding hydrogens is 388 g/mol. The van der Waals surface area contributed by atoms with Crippen molar-refractivity contribution in [3.63, 3.8) is 0 Å². The topological polar surface area (TPSA) is 64.7 Å². The summed E-state index contributed by atoms with van der Waals surface area (Å²) in [7, 11) is 0. The molecule has 3 aliphatic rings. The molecule has 0 radical (unpaired) electrons. The molecule has 0 aromatic heterocycles. The van der Waals surface area contributed by atoms with Crippen molar-refractivity contribution in [3.8, 4) is 0 Å². The van der Waals surface area contributed by atoms with Gasteiger partial charge >= 0.3 is 6.03 Å². The van der Waals surface area contributed by atoms with Gasteiger partial charge < -0.3 is 20.4 Å². The van der Waals surface area contributed by atoms with E-state index in [1.165, 1.54) is 0 Å². The van der Waals surface area contributed by atoms with Crippen molar-refractivity contribution < 1.29 is 9.59 Å². The van der Waals surface area contributed by atoms with Crippen molar-refractivity contribution in [2.45, 2.75) is 32.6 Å². The van der Waals surface area contributed by atoms with Crippen LogP contribution in [0, 0.1) is 24.7 Å². The Labute approximate surface area is 179 Å². The van der Waals surface area contributed by atoms with E-state index in [1.54, 1.807) is 0 Å². The zero-order valence-corrected chi connectivity index (χ0v) is 18.0. The van der Waals surface area contributed by atoms with Crippen LogP contribution < -0.4 is 10.6 Å². The predicted octanol–water partition coefficient (Wildman–Crippen LogP) is 3.12. The minimum atomic E-state index is -0.0976. The fourth-order valence-corrected chi connectivity index (χ4v) is 4.99. The molecule has 0 spiro atoms. The lowest BCUT2D eigenvalue weighted by atomic mass is 9.92. The number of carbonyl (C=O) groups is 2. The van der Waals surface area contributed by atoms with Gasteiger partial charge in [-0.25, -0.2) is 4.79 Å². The van der Waals surface area contributed by atoms with Crippen molar-refractivity contribution in [1.82, 2.24) is 15.1 Å². The number of anilines is 1. The number of hydrogen-bond donors (Lipinski definition) is 2. The van der Waals surface area contributed by atoms with Gasteiger partial charge in [-0.1, -0.05) is 12.1 Å². The largest absolute Gasteiger partial charge is 0.342 e. The molecule has 7 heteroatoms. The second-order valence-electron chi connectivity index (χ2n) is 8.67. The number of carbonyl (C=O) groups excluding carboxylic acids is 2. The standard InChI is InChI=1S/C22H32N4O2.ClH/c1-16-4-2-6-20(12-16)24-22(28)26-9-3-5-19(15-26)21(27)25-10-7-17-13-23-14-18(17)8-11-25;/h2,4,6,12,17-19,23H,3,5,7-11,13-15H2,1H3,(H,24,28);1H/t17-,18+,19?;. The van der Waals surface area contributed by atoms with Crippen LogP contribution in [-0.4, -0.2) is 61.0 Å². The third kappa shape index (κ3) is 5.23. The number of benzene rings is 1. The molecule has 160 valence electrons. The molecule has 0 bridgehead atoms. The van der Waals surface area contributed by atoms with Crippen LogP contribution in [0.25, 0.3) is 0 Å². The Morgan fingerprint density at radius 1 is 1.03 bits per heavy atom. The maximum atomic E-state index is 13.1. The van der Waals surface area contributed by atoms with Gasteiger partial charge in [-0.2, -0.15) is 0 Å². The molecular formula is C22H33ClN4O2. The van der Waals surface area contributed by atoms with Crippen molar-refractivity contribution in [2.75, 3.05) is 44.6 Å². The second-order valence-corrected chi connectivity index (χ2v) is 8.67. The highest BCUT2D eigenvalue weighted by Gasteiger charge is 2.35. The van der Waals surface area contributed by atoms with E-state index in [-0.39, 0.29) is 30.3 Å². The van der Waals surface area contributed by atoms with Crippen molar-refractivity contribution >= 4 is 30.0 Å². The van der Waals surface area contributed by atoms with E-state index in [1.807, 2.05) is 36.1 Å². The fourth-order valence-electron chi connectivity index (χ4n) is 4.99. The van der Waals surface area contributed by atoms with Gasteiger partial charge in [-0.05, 0) is 75.2 Å². The van der Waals surface area contributed by atoms with Crippen molar-refractivity contribution in [1.29, 1.82) is 0 Å². The smallest absolute Gasteiger partial charge is 0.321 e. The molecule has 3 aliphatic heterocycles. The maximum absolute atomic E-state index is 13.1. The minimum Gasteiger partial charge on any atom is -0.342 e. The Bertz CT molecular complexity index is 715. The third-order valence-electron chi connectivity index (χ3n) is 6.66. The molecule has 3 heterocycles. The summed E-state index contributed by atoms with van der Waals surface area (Å²) in [6.07, 6.45) is 3.99. The number of piperidine rings is 1. The van der Waals surface area contributed by atoms with Gasteiger partial charge in [0, 0.05) is 31.9 Å². The number of nitrogens with zero attached hydrogens (tertiary/aromatic N) is 2. The lowest BCUT2D eigenvalue weighted by Gasteiger charge is -2.35. The predicted molar refractivity (Wildman–Crippen MR) is 117 cm³/mol. The molecule has 3 fully saturated rings. The van der Waals surface area contributed by atoms with Crippen LogP contribution in [0.15, 0.2) is 24.3 Å². The number of hydrogen-bond acceptors (Lipinski definition) is 3. The fraction of sp³-hybridized carbons (Fsp3) is 0.636. The second kappa shape index (κ2) is 9.81. The highest BCUT2D eigenvalue weighted by Crippen LogP contribution is 2.29. The highest BCUT2D eigenvalue weighted by molar-refractivity contribution is 5.90. The lowest BCUT2D eigenvalue weighted by molar-refractivity contribution is -0.136. The number of likely N-dealkylation sites (tertiary alicyclic amines) is 2. The summed E-state index contributed by atoms with van der Waals surface area (Å²) in [5.41, 5.74) is 1.93. The summed E-state index contributed by atoms with van der Waals surface area (Å²) < 4.78 is 0. The molecule has 4 rings (SSSR count). The van der Waals surface area contributed by atoms with E-state index >= 15 is 0 Å². The number of nitrogens with one attached hydrogen (secondary N) is 2. The molecule has 3 amide bonds. The van der Waals surface area contributed by atoms with Crippen LogP contribution in [0.3, 0.4) is 0 Å². The first-order valence-corrected chi connectivity index (χ1v) is 10.7. The summed E-state index contributed by atoms with van der Waals surface area (Å²) in [5, 5.41) is 6.47. The highest BCUT2D eigenvalue weighted by atomic mass is 35.5. The SMILES string of the molecule is Cc1cccc(NC(=O)N2CCCC(C(=O)N3CC[C@@H]4CNC[C@@H]4CC3)C2)c1.Cl. The van der Waals surface area contributed by atoms with Crippen molar-refractivity contribution in [3.05, 3.63) is 29.8 Å². The molecule has 0 aliphatic carbocycles. The molecule has 3 atom stereocenters. The maximum Gasteiger partial charge on any atom is 0.321 e. The van der Waals surface area contributed by atoms with E-state index in [9.17, 15) is 9.59 Å². The molecule has 2 N–H and O–H groups in total. The Morgan fingerprint density at radius 3 is 2.45 bits per heavy atom. The van der Waals surface area contributed by atoms with Crippen LogP contribution in [-0.2, 0) is 4.79 Å². The third-order valence-corrected chi connectivity index (χ3v) is 6.66. The zero-order valence-electron chi connectivity index (χ0n) is 17.2. The van der Waals surface area contributed by atoms with Gasteiger partial charge in [-0.3, -0.25) is 4.79 Å². The Hall–Kier alpha value is -1.79. The molecule has 6 nitrogen and oxygen atoms in total. The first kappa shape index (κ1) is 21.9. The number of halogens is 1. The van der Waals surface area contributed by atoms with Crippen LogP contribution >= 0.6 is 12.4 Å². The van der Waals surface area contributed by atoms with E-state index in [0.717, 1.165) is 81.5 Å². The number of rotatable bonds is 2. The zero-order chi connectivity index (χ0) is 19.5. The first-order valence-electron chi connectivity index (χ1n) is 10.7. The van der Waals surface area contributed by atoms with E-state index in [4.69, 9.17) is 0 Å². The van der Waals surface area contributed by atoms with Crippen molar-refractivity contribution in [2.24, 2.45) is 17.8 Å². The number of aryl methyl sites for hydroxylation is 1. The quantitative estimate of drug-likeness (QED) is 0.772. The minimum absolute atomic E-state index is 0. The summed E-state index contributed by atoms with van der Waals surface area (Å²) in [6.45, 7) is 7.20. The summed E-state index contributed by atoms with van der Waals surface area (Å²) >= 11 is 0. The van der Waals surface area contributed by atoms with Gasteiger partial charge in [0.2, 0.25) is 5.91 Å². The number of fused-ring (bicyclic) bond motifs is 1. The Kier molecular flexibility index (Phi) is 7.41. The molecule has 0 saturated carbocycles. The van der Waals surface area contributed by atoms with Gasteiger partial charge in [-0.15, -0.1) is 12.4 Å². The van der Waals surface area contributed by atoms with Gasteiger partial charge in [0.15, 0.2) is 0 Å². The number of urea groups is 1. The summed E-state index contributed by atoms with van der Waals surface area (Å²) in [5.74, 6) is 1.63. The molecule has 1 aromatic rings. The summed E-state index contributed by atoms with van der Waals surface area (Å²) in [4.78, 5) is 29.7. The monoisotopic (exact) mass is 420 g/mol. The van der Waals surface area contributed by atoms with Gasteiger partial charge in [0.05, 0.1) is 5.92 Å². The lowest BCUT2D eigenvalue weighted by Crippen LogP contribution is -2.48. The average Bonchev–Trinajstić information content (AvgIpc) is 3.06. The van der Waals surface area contributed by atoms with E-state index in [0.29, 0.717) is 6.54 Å². The van der Waals surface area contributed by atoms with E-state index < -0.39 is 0 Å². The molecule has 29 heavy (non-hydrogen) atoms. The first-order chi connectivity index (χ1) is 13.6. The van der Waals surface area contributed by atoms with Crippen LogP contribution in [0.2, 0.25) is 0 Å².